The van der Waals surface area contributed by atoms with Crippen LogP contribution in [0.4, 0.5) is 0 Å². The predicted molar refractivity (Wildman–Crippen MR) is 118 cm³/mol. The first kappa shape index (κ1) is 22.3. The maximum absolute atomic E-state index is 12.9. The summed E-state index contributed by atoms with van der Waals surface area (Å²) in [6.45, 7) is 5.59. The van der Waals surface area contributed by atoms with E-state index in [1.807, 2.05) is 49.1 Å². The number of aromatic nitrogens is 2. The first-order chi connectivity index (χ1) is 15.5. The lowest BCUT2D eigenvalue weighted by molar-refractivity contribution is -0.136. The molecule has 8 nitrogen and oxygen atoms in total. The van der Waals surface area contributed by atoms with Crippen LogP contribution in [0.3, 0.4) is 0 Å². The Morgan fingerprint density at radius 3 is 2.53 bits per heavy atom. The van der Waals surface area contributed by atoms with Crippen molar-refractivity contribution in [2.75, 3.05) is 19.7 Å². The molecule has 2 amide bonds. The summed E-state index contributed by atoms with van der Waals surface area (Å²) >= 11 is 0. The fourth-order valence-electron chi connectivity index (χ4n) is 3.99. The number of nitrogens with zero attached hydrogens (tertiary/aromatic N) is 3. The average Bonchev–Trinajstić information content (AvgIpc) is 3.55. The summed E-state index contributed by atoms with van der Waals surface area (Å²) in [5.41, 5.74) is 0. The monoisotopic (exact) mass is 440 g/mol. The van der Waals surface area contributed by atoms with Crippen LogP contribution in [0.2, 0.25) is 0 Å². The number of benzene rings is 1. The van der Waals surface area contributed by atoms with Gasteiger partial charge in [-0.25, -0.2) is 0 Å². The molecule has 2 heterocycles. The molecule has 2 fully saturated rings. The number of hydrogen-bond acceptors (Lipinski definition) is 6. The van der Waals surface area contributed by atoms with Gasteiger partial charge in [0.1, 0.15) is 11.8 Å². The van der Waals surface area contributed by atoms with Crippen LogP contribution in [0.1, 0.15) is 69.6 Å². The van der Waals surface area contributed by atoms with Gasteiger partial charge in [-0.05, 0) is 43.7 Å². The van der Waals surface area contributed by atoms with Crippen molar-refractivity contribution in [3.63, 3.8) is 0 Å². The lowest BCUT2D eigenvalue weighted by Crippen LogP contribution is -2.44. The van der Waals surface area contributed by atoms with Crippen LogP contribution < -0.4 is 10.1 Å². The molecular weight excluding hydrogens is 408 g/mol. The van der Waals surface area contributed by atoms with E-state index >= 15 is 0 Å². The molecule has 0 bridgehead atoms. The van der Waals surface area contributed by atoms with Gasteiger partial charge in [0.2, 0.25) is 17.7 Å². The minimum absolute atomic E-state index is 0.00520. The second-order valence-electron chi connectivity index (χ2n) is 9.06. The number of hydrogen-bond donors (Lipinski definition) is 1. The van der Waals surface area contributed by atoms with Gasteiger partial charge >= 0.3 is 0 Å². The van der Waals surface area contributed by atoms with E-state index < -0.39 is 0 Å². The zero-order chi connectivity index (χ0) is 22.5. The van der Waals surface area contributed by atoms with E-state index in [9.17, 15) is 9.59 Å². The number of rotatable bonds is 9. The van der Waals surface area contributed by atoms with E-state index in [1.165, 1.54) is 0 Å². The van der Waals surface area contributed by atoms with E-state index in [-0.39, 0.29) is 29.7 Å². The second-order valence-corrected chi connectivity index (χ2v) is 9.06. The Labute approximate surface area is 188 Å². The molecule has 0 radical (unpaired) electrons. The number of ether oxygens (including phenoxy) is 1. The second kappa shape index (κ2) is 10.1. The molecule has 1 saturated carbocycles. The number of carbonyl (C=O) groups is 2. The van der Waals surface area contributed by atoms with Crippen LogP contribution in [0.15, 0.2) is 34.9 Å². The van der Waals surface area contributed by atoms with E-state index in [0.29, 0.717) is 50.8 Å². The quantitative estimate of drug-likeness (QED) is 0.641. The summed E-state index contributed by atoms with van der Waals surface area (Å²) in [5, 5.41) is 7.20. The molecule has 1 N–H and O–H groups in total. The van der Waals surface area contributed by atoms with Gasteiger partial charge < -0.3 is 19.5 Å². The number of amides is 2. The molecule has 1 aromatic heterocycles. The van der Waals surface area contributed by atoms with Gasteiger partial charge in [-0.3, -0.25) is 9.59 Å². The summed E-state index contributed by atoms with van der Waals surface area (Å²) in [6, 6.07) is 9.19. The van der Waals surface area contributed by atoms with Gasteiger partial charge in [0.05, 0.1) is 13.0 Å². The molecule has 1 saturated heterocycles. The lowest BCUT2D eigenvalue weighted by Gasteiger charge is -2.32. The standard InChI is InChI=1S/C24H32N4O4/c1-16(2)21(24-26-22(27-32-24)17-8-9-17)25-23(30)18-10-13-28(14-11-18)20(29)12-15-31-19-6-4-3-5-7-19/h3-7,16-18,21H,8-15H2,1-2H3,(H,25,30). The molecule has 1 unspecified atom stereocenters. The largest absolute Gasteiger partial charge is 0.493 e. The summed E-state index contributed by atoms with van der Waals surface area (Å²) in [6.07, 6.45) is 3.85. The van der Waals surface area contributed by atoms with Gasteiger partial charge in [-0.2, -0.15) is 4.98 Å². The molecule has 2 aliphatic rings. The van der Waals surface area contributed by atoms with Crippen LogP contribution >= 0.6 is 0 Å². The van der Waals surface area contributed by atoms with Crippen molar-refractivity contribution in [2.45, 2.75) is 57.9 Å². The topological polar surface area (TPSA) is 97.6 Å². The minimum Gasteiger partial charge on any atom is -0.493 e. The maximum atomic E-state index is 12.9. The zero-order valence-electron chi connectivity index (χ0n) is 18.8. The molecule has 2 aromatic rings. The number of para-hydroxylation sites is 1. The third-order valence-electron chi connectivity index (χ3n) is 6.18. The Morgan fingerprint density at radius 2 is 1.88 bits per heavy atom. The predicted octanol–water partition coefficient (Wildman–Crippen LogP) is 3.47. The highest BCUT2D eigenvalue weighted by Crippen LogP contribution is 2.38. The molecule has 8 heteroatoms. The van der Waals surface area contributed by atoms with Gasteiger partial charge in [-0.1, -0.05) is 37.2 Å². The number of nitrogens with one attached hydrogen (secondary N) is 1. The van der Waals surface area contributed by atoms with E-state index in [0.717, 1.165) is 24.4 Å². The van der Waals surface area contributed by atoms with Crippen molar-refractivity contribution in [3.05, 3.63) is 42.0 Å². The smallest absolute Gasteiger partial charge is 0.249 e. The zero-order valence-corrected chi connectivity index (χ0v) is 18.8. The molecule has 172 valence electrons. The average molecular weight is 441 g/mol. The fraction of sp³-hybridized carbons (Fsp3) is 0.583. The SMILES string of the molecule is CC(C)C(NC(=O)C1CCN(C(=O)CCOc2ccccc2)CC1)c1nc(C2CC2)no1. The summed E-state index contributed by atoms with van der Waals surface area (Å²) in [4.78, 5) is 31.8. The maximum Gasteiger partial charge on any atom is 0.249 e. The highest BCUT2D eigenvalue weighted by molar-refractivity contribution is 5.80. The third-order valence-corrected chi connectivity index (χ3v) is 6.18. The van der Waals surface area contributed by atoms with Gasteiger partial charge in [-0.15, -0.1) is 0 Å². The normalized spacial score (nSPS) is 17.9. The number of piperidine rings is 1. The van der Waals surface area contributed by atoms with Gasteiger partial charge in [0, 0.05) is 24.9 Å². The van der Waals surface area contributed by atoms with Crippen LogP contribution in [0, 0.1) is 11.8 Å². The molecule has 1 aliphatic carbocycles. The lowest BCUT2D eigenvalue weighted by atomic mass is 9.94. The first-order valence-electron chi connectivity index (χ1n) is 11.6. The number of carbonyl (C=O) groups excluding carboxylic acids is 2. The Balaban J connectivity index is 1.22. The summed E-state index contributed by atoms with van der Waals surface area (Å²) in [5.74, 6) is 2.50. The first-order valence-corrected chi connectivity index (χ1v) is 11.6. The van der Waals surface area contributed by atoms with Crippen LogP contribution in [0.5, 0.6) is 5.75 Å². The third kappa shape index (κ3) is 5.66. The molecular formula is C24H32N4O4. The van der Waals surface area contributed by atoms with Crippen molar-refractivity contribution in [1.82, 2.24) is 20.4 Å². The highest BCUT2D eigenvalue weighted by Gasteiger charge is 2.33. The van der Waals surface area contributed by atoms with E-state index in [4.69, 9.17) is 9.26 Å². The molecule has 1 aliphatic heterocycles. The Kier molecular flexibility index (Phi) is 7.07. The highest BCUT2D eigenvalue weighted by atomic mass is 16.5. The Morgan fingerprint density at radius 1 is 1.16 bits per heavy atom. The van der Waals surface area contributed by atoms with E-state index in [2.05, 4.69) is 15.5 Å². The molecule has 1 atom stereocenters. The van der Waals surface area contributed by atoms with E-state index in [1.54, 1.807) is 0 Å². The Bertz CT molecular complexity index is 902. The van der Waals surface area contributed by atoms with Gasteiger partial charge in [0.25, 0.3) is 0 Å². The molecule has 0 spiro atoms. The Hall–Kier alpha value is -2.90. The van der Waals surface area contributed by atoms with Gasteiger partial charge in [0.15, 0.2) is 5.82 Å². The molecule has 32 heavy (non-hydrogen) atoms. The molecule has 4 rings (SSSR count). The van der Waals surface area contributed by atoms with Crippen molar-refractivity contribution in [2.24, 2.45) is 11.8 Å². The minimum atomic E-state index is -0.294. The summed E-state index contributed by atoms with van der Waals surface area (Å²) in [7, 11) is 0. The van der Waals surface area contributed by atoms with Crippen LogP contribution in [-0.2, 0) is 9.59 Å². The van der Waals surface area contributed by atoms with Crippen molar-refractivity contribution in [1.29, 1.82) is 0 Å². The van der Waals surface area contributed by atoms with Crippen LogP contribution in [0.25, 0.3) is 0 Å². The van der Waals surface area contributed by atoms with Crippen molar-refractivity contribution in [3.8, 4) is 5.75 Å². The number of likely N-dealkylation sites (tertiary alicyclic amines) is 1. The molecule has 1 aromatic carbocycles. The van der Waals surface area contributed by atoms with Crippen LogP contribution in [-0.4, -0.2) is 46.6 Å². The van der Waals surface area contributed by atoms with Crippen molar-refractivity contribution >= 4 is 11.8 Å². The van der Waals surface area contributed by atoms with Crippen molar-refractivity contribution < 1.29 is 18.8 Å². The summed E-state index contributed by atoms with van der Waals surface area (Å²) < 4.78 is 11.1. The fourth-order valence-corrected chi connectivity index (χ4v) is 3.99.